The molecule has 1 saturated carbocycles. The third kappa shape index (κ3) is 9.15. The van der Waals surface area contributed by atoms with Gasteiger partial charge in [-0.2, -0.15) is 0 Å². The number of hydrogen-bond donors (Lipinski definition) is 1. The van der Waals surface area contributed by atoms with Crippen LogP contribution in [0.4, 0.5) is 16.2 Å². The number of amides is 4. The lowest BCUT2D eigenvalue weighted by atomic mass is 9.80. The van der Waals surface area contributed by atoms with Crippen LogP contribution in [0.25, 0.3) is 0 Å². The monoisotopic (exact) mass is 795 g/mol. The van der Waals surface area contributed by atoms with E-state index < -0.39 is 44.7 Å². The molecule has 15 heteroatoms. The molecule has 2 atom stereocenters. The SMILES string of the molecule is COCCCN1C(=O)C(C)(C)Oc2ccc(N(C(=O)C3CC(C(=O)NC4(c5ccccc5)CCN(S(C)(=O)=O)CC4)CN(C(=O)OC(C)(C)C)C3)C3CC3)cc21. The van der Waals surface area contributed by atoms with E-state index in [1.807, 2.05) is 42.5 Å². The molecular formula is C41H57N5O9S. The van der Waals surface area contributed by atoms with E-state index in [9.17, 15) is 27.6 Å². The van der Waals surface area contributed by atoms with Gasteiger partial charge in [-0.05, 0) is 96.9 Å². The third-order valence-electron chi connectivity index (χ3n) is 11.1. The van der Waals surface area contributed by atoms with Crippen molar-refractivity contribution < 1.29 is 41.8 Å². The van der Waals surface area contributed by atoms with Gasteiger partial charge in [-0.25, -0.2) is 17.5 Å². The van der Waals surface area contributed by atoms with Crippen molar-refractivity contribution >= 4 is 45.2 Å². The number of rotatable bonds is 11. The molecule has 0 radical (unpaired) electrons. The zero-order valence-corrected chi connectivity index (χ0v) is 34.5. The van der Waals surface area contributed by atoms with Crippen LogP contribution in [-0.4, -0.2) is 111 Å². The molecule has 3 heterocycles. The Morgan fingerprint density at radius 3 is 2.27 bits per heavy atom. The number of nitrogens with zero attached hydrogens (tertiary/aromatic N) is 4. The van der Waals surface area contributed by atoms with Gasteiger partial charge in [0.05, 0.1) is 29.3 Å². The molecule has 2 saturated heterocycles. The van der Waals surface area contributed by atoms with E-state index >= 15 is 0 Å². The standard InChI is InChI=1S/C41H57N5O9S/c1-39(2,3)55-38(50)43-26-28(35(47)42-41(30-12-9-8-10-13-30)18-21-44(22-19-41)56(7,51)52)24-29(27-43)36(48)46(31-14-15-31)32-16-17-34-33(25-32)45(20-11-23-53-6)37(49)40(4,5)54-34/h8-10,12-13,16-17,25,28-29,31H,11,14-15,18-24,26-27H2,1-7H3,(H,42,47). The molecule has 3 fully saturated rings. The number of carbonyl (C=O) groups excluding carboxylic acids is 4. The zero-order chi connectivity index (χ0) is 40.6. The van der Waals surface area contributed by atoms with Crippen LogP contribution in [0.3, 0.4) is 0 Å². The second kappa shape index (κ2) is 16.0. The van der Waals surface area contributed by atoms with Gasteiger partial charge in [0.1, 0.15) is 11.4 Å². The topological polar surface area (TPSA) is 155 Å². The number of nitrogens with one attached hydrogen (secondary N) is 1. The maximum Gasteiger partial charge on any atom is 0.410 e. The van der Waals surface area contributed by atoms with E-state index in [1.54, 1.807) is 57.6 Å². The number of methoxy groups -OCH3 is 1. The van der Waals surface area contributed by atoms with Crippen molar-refractivity contribution in [3.8, 4) is 5.75 Å². The average Bonchev–Trinajstić information content (AvgIpc) is 3.98. The number of fused-ring (bicyclic) bond motifs is 1. The fourth-order valence-electron chi connectivity index (χ4n) is 8.07. The highest BCUT2D eigenvalue weighted by Crippen LogP contribution is 2.43. The van der Waals surface area contributed by atoms with Crippen molar-refractivity contribution in [2.24, 2.45) is 11.8 Å². The van der Waals surface area contributed by atoms with Crippen LogP contribution in [0.2, 0.25) is 0 Å². The molecule has 2 unspecified atom stereocenters. The Balaban J connectivity index is 1.30. The van der Waals surface area contributed by atoms with Crippen LogP contribution in [-0.2, 0) is 39.4 Å². The fraction of sp³-hybridized carbons (Fsp3) is 0.610. The highest BCUT2D eigenvalue weighted by Gasteiger charge is 2.47. The predicted octanol–water partition coefficient (Wildman–Crippen LogP) is 4.66. The van der Waals surface area contributed by atoms with E-state index in [1.165, 1.54) is 15.5 Å². The first kappa shape index (κ1) is 41.4. The quantitative estimate of drug-likeness (QED) is 0.320. The Labute approximate surface area is 330 Å². The van der Waals surface area contributed by atoms with E-state index in [0.717, 1.165) is 18.4 Å². The Kier molecular flexibility index (Phi) is 11.8. The van der Waals surface area contributed by atoms with Crippen molar-refractivity contribution in [1.29, 1.82) is 0 Å². The normalized spacial score (nSPS) is 22.4. The molecule has 1 N–H and O–H groups in total. The minimum atomic E-state index is -3.42. The summed E-state index contributed by atoms with van der Waals surface area (Å²) in [5.74, 6) is -1.67. The summed E-state index contributed by atoms with van der Waals surface area (Å²) in [6.07, 6.45) is 3.69. The number of ether oxygens (including phenoxy) is 3. The number of piperidine rings is 2. The van der Waals surface area contributed by atoms with Gasteiger partial charge in [0.25, 0.3) is 5.91 Å². The Morgan fingerprint density at radius 2 is 1.66 bits per heavy atom. The molecule has 14 nitrogen and oxygen atoms in total. The molecule has 0 aromatic heterocycles. The third-order valence-corrected chi connectivity index (χ3v) is 12.4. The van der Waals surface area contributed by atoms with Crippen LogP contribution in [0.5, 0.6) is 5.75 Å². The van der Waals surface area contributed by atoms with Crippen molar-refractivity contribution in [1.82, 2.24) is 14.5 Å². The van der Waals surface area contributed by atoms with Gasteiger partial charge in [0.15, 0.2) is 5.60 Å². The maximum absolute atomic E-state index is 14.9. The molecule has 2 aromatic rings. The van der Waals surface area contributed by atoms with E-state index in [-0.39, 0.29) is 56.4 Å². The van der Waals surface area contributed by atoms with Crippen molar-refractivity contribution in [3.05, 3.63) is 54.1 Å². The van der Waals surface area contributed by atoms with Gasteiger partial charge in [0, 0.05) is 58.2 Å². The second-order valence-electron chi connectivity index (χ2n) is 17.1. The Hall–Kier alpha value is -4.21. The lowest BCUT2D eigenvalue weighted by Crippen LogP contribution is -2.58. The summed E-state index contributed by atoms with van der Waals surface area (Å²) in [7, 11) is -1.81. The van der Waals surface area contributed by atoms with Gasteiger partial charge in [-0.15, -0.1) is 0 Å². The first-order chi connectivity index (χ1) is 26.3. The number of hydrogen-bond acceptors (Lipinski definition) is 9. The molecule has 306 valence electrons. The molecule has 4 amide bonds. The zero-order valence-electron chi connectivity index (χ0n) is 33.7. The summed E-state index contributed by atoms with van der Waals surface area (Å²) < 4.78 is 43.4. The second-order valence-corrected chi connectivity index (χ2v) is 19.1. The van der Waals surface area contributed by atoms with Crippen LogP contribution in [0.1, 0.15) is 78.7 Å². The summed E-state index contributed by atoms with van der Waals surface area (Å²) in [5, 5.41) is 3.30. The van der Waals surface area contributed by atoms with E-state index in [0.29, 0.717) is 49.5 Å². The Bertz CT molecular complexity index is 1900. The van der Waals surface area contributed by atoms with Gasteiger partial charge >= 0.3 is 6.09 Å². The largest absolute Gasteiger partial charge is 0.476 e. The smallest absolute Gasteiger partial charge is 0.410 e. The summed E-state index contributed by atoms with van der Waals surface area (Å²) in [6, 6.07) is 14.9. The van der Waals surface area contributed by atoms with Crippen molar-refractivity contribution in [2.45, 2.75) is 95.9 Å². The minimum Gasteiger partial charge on any atom is -0.476 e. The maximum atomic E-state index is 14.9. The van der Waals surface area contributed by atoms with Gasteiger partial charge in [-0.1, -0.05) is 30.3 Å². The van der Waals surface area contributed by atoms with Crippen LogP contribution >= 0.6 is 0 Å². The van der Waals surface area contributed by atoms with Crippen molar-refractivity contribution in [2.75, 3.05) is 62.5 Å². The van der Waals surface area contributed by atoms with Crippen molar-refractivity contribution in [3.63, 3.8) is 0 Å². The molecule has 4 aliphatic rings. The predicted molar refractivity (Wildman–Crippen MR) is 212 cm³/mol. The number of anilines is 2. The minimum absolute atomic E-state index is 0.0544. The van der Waals surface area contributed by atoms with E-state index in [2.05, 4.69) is 5.32 Å². The first-order valence-electron chi connectivity index (χ1n) is 19.6. The number of sulfonamides is 1. The highest BCUT2D eigenvalue weighted by atomic mass is 32.2. The van der Waals surface area contributed by atoms with Gasteiger partial charge < -0.3 is 34.2 Å². The lowest BCUT2D eigenvalue weighted by Gasteiger charge is -2.44. The molecule has 6 rings (SSSR count). The highest BCUT2D eigenvalue weighted by molar-refractivity contribution is 7.88. The van der Waals surface area contributed by atoms with Gasteiger partial charge in [0.2, 0.25) is 21.8 Å². The Morgan fingerprint density at radius 1 is 1.00 bits per heavy atom. The average molecular weight is 796 g/mol. The molecule has 3 aliphatic heterocycles. The number of benzene rings is 2. The molecular weight excluding hydrogens is 739 g/mol. The van der Waals surface area contributed by atoms with Crippen LogP contribution < -0.4 is 19.9 Å². The van der Waals surface area contributed by atoms with Crippen LogP contribution in [0, 0.1) is 11.8 Å². The lowest BCUT2D eigenvalue weighted by molar-refractivity contribution is -0.133. The number of carbonyl (C=O) groups is 4. The molecule has 56 heavy (non-hydrogen) atoms. The van der Waals surface area contributed by atoms with Crippen LogP contribution in [0.15, 0.2) is 48.5 Å². The molecule has 0 bridgehead atoms. The summed E-state index contributed by atoms with van der Waals surface area (Å²) in [5.41, 5.74) is -0.669. The van der Waals surface area contributed by atoms with E-state index in [4.69, 9.17) is 14.2 Å². The molecule has 2 aromatic carbocycles. The summed E-state index contributed by atoms with van der Waals surface area (Å²) in [4.78, 5) is 61.5. The summed E-state index contributed by atoms with van der Waals surface area (Å²) in [6.45, 7) is 10.3. The number of likely N-dealkylation sites (tertiary alicyclic amines) is 1. The summed E-state index contributed by atoms with van der Waals surface area (Å²) >= 11 is 0. The first-order valence-corrected chi connectivity index (χ1v) is 21.4. The molecule has 1 aliphatic carbocycles. The molecule has 0 spiro atoms. The van der Waals surface area contributed by atoms with Gasteiger partial charge in [-0.3, -0.25) is 14.4 Å². The fourth-order valence-corrected chi connectivity index (χ4v) is 8.91.